The smallest absolute Gasteiger partial charge is 0.170 e. The van der Waals surface area contributed by atoms with Gasteiger partial charge in [0, 0.05) is 11.3 Å². The minimum absolute atomic E-state index is 0.187. The van der Waals surface area contributed by atoms with E-state index in [1.165, 1.54) is 23.3 Å². The summed E-state index contributed by atoms with van der Waals surface area (Å²) in [5, 5.41) is 0. The van der Waals surface area contributed by atoms with Gasteiger partial charge < -0.3 is 5.73 Å². The van der Waals surface area contributed by atoms with E-state index in [4.69, 9.17) is 5.73 Å². The molecule has 0 unspecified atom stereocenters. The fourth-order valence-corrected chi connectivity index (χ4v) is 2.81. The predicted octanol–water partition coefficient (Wildman–Crippen LogP) is 2.86. The van der Waals surface area contributed by atoms with Crippen molar-refractivity contribution in [3.05, 3.63) is 35.4 Å². The van der Waals surface area contributed by atoms with Gasteiger partial charge in [0.05, 0.1) is 5.69 Å². The van der Waals surface area contributed by atoms with Crippen LogP contribution in [0.4, 0.5) is 10.1 Å². The Morgan fingerprint density at radius 3 is 3.00 bits per heavy atom. The lowest BCUT2D eigenvalue weighted by molar-refractivity contribution is 0.622. The number of thioether (sulfide) groups is 1. The molecule has 1 aromatic heterocycles. The summed E-state index contributed by atoms with van der Waals surface area (Å²) in [4.78, 5) is 4.19. The van der Waals surface area contributed by atoms with Gasteiger partial charge in [0.15, 0.2) is 4.34 Å². The zero-order valence-corrected chi connectivity index (χ0v) is 10.2. The Bertz CT molecular complexity index is 499. The van der Waals surface area contributed by atoms with Crippen LogP contribution < -0.4 is 5.73 Å². The van der Waals surface area contributed by atoms with Crippen LogP contribution in [-0.4, -0.2) is 9.36 Å². The third kappa shape index (κ3) is 2.51. The summed E-state index contributed by atoms with van der Waals surface area (Å²) in [7, 11) is 0. The fourth-order valence-electron chi connectivity index (χ4n) is 1.19. The highest BCUT2D eigenvalue weighted by Gasteiger charge is 2.07. The molecule has 0 saturated heterocycles. The Balaban J connectivity index is 2.07. The number of hydrogen-bond donors (Lipinski definition) is 1. The van der Waals surface area contributed by atoms with Crippen molar-refractivity contribution in [1.82, 2.24) is 9.36 Å². The number of anilines is 1. The average Bonchev–Trinajstić information content (AvgIpc) is 2.67. The zero-order valence-electron chi connectivity index (χ0n) is 8.61. The normalized spacial score (nSPS) is 10.6. The first-order chi connectivity index (χ1) is 7.66. The monoisotopic (exact) mass is 255 g/mol. The quantitative estimate of drug-likeness (QED) is 0.677. The number of nitrogen functional groups attached to an aromatic ring is 1. The van der Waals surface area contributed by atoms with Gasteiger partial charge in [-0.15, -0.1) is 0 Å². The third-order valence-electron chi connectivity index (χ3n) is 1.97. The molecular weight excluding hydrogens is 245 g/mol. The molecule has 0 atom stereocenters. The number of nitrogens with two attached hydrogens (primary N) is 1. The minimum Gasteiger partial charge on any atom is -0.396 e. The molecule has 3 nitrogen and oxygen atoms in total. The minimum atomic E-state index is -0.337. The lowest BCUT2D eigenvalue weighted by Crippen LogP contribution is -1.94. The Morgan fingerprint density at radius 1 is 1.50 bits per heavy atom. The van der Waals surface area contributed by atoms with E-state index in [9.17, 15) is 4.39 Å². The van der Waals surface area contributed by atoms with E-state index in [-0.39, 0.29) is 11.5 Å². The van der Waals surface area contributed by atoms with E-state index < -0.39 is 0 Å². The number of aromatic nitrogens is 2. The Morgan fingerprint density at radius 2 is 2.31 bits per heavy atom. The van der Waals surface area contributed by atoms with Gasteiger partial charge in [0.2, 0.25) is 0 Å². The number of benzene rings is 1. The highest BCUT2D eigenvalue weighted by atomic mass is 32.2. The van der Waals surface area contributed by atoms with Crippen molar-refractivity contribution in [2.45, 2.75) is 17.0 Å². The van der Waals surface area contributed by atoms with E-state index in [1.54, 1.807) is 18.2 Å². The molecule has 0 amide bonds. The SMILES string of the molecule is Cc1nsc(SCc2cccc(N)c2F)n1. The molecule has 0 saturated carbocycles. The molecule has 1 heterocycles. The maximum Gasteiger partial charge on any atom is 0.170 e. The summed E-state index contributed by atoms with van der Waals surface area (Å²) in [5.41, 5.74) is 6.27. The largest absolute Gasteiger partial charge is 0.396 e. The highest BCUT2D eigenvalue weighted by molar-refractivity contribution is 8.00. The van der Waals surface area contributed by atoms with Crippen molar-refractivity contribution >= 4 is 29.0 Å². The standard InChI is InChI=1S/C10H10FN3S2/c1-6-13-10(16-14-6)15-5-7-3-2-4-8(12)9(7)11/h2-4H,5,12H2,1H3. The second-order valence-electron chi connectivity index (χ2n) is 3.22. The molecule has 2 rings (SSSR count). The average molecular weight is 255 g/mol. The summed E-state index contributed by atoms with van der Waals surface area (Å²) in [6.45, 7) is 1.83. The van der Waals surface area contributed by atoms with Crippen LogP contribution >= 0.6 is 23.3 Å². The first kappa shape index (κ1) is 11.3. The number of hydrogen-bond acceptors (Lipinski definition) is 5. The maximum atomic E-state index is 13.5. The molecule has 0 bridgehead atoms. The second-order valence-corrected chi connectivity index (χ2v) is 5.19. The van der Waals surface area contributed by atoms with Gasteiger partial charge in [-0.3, -0.25) is 0 Å². The van der Waals surface area contributed by atoms with Gasteiger partial charge in [-0.25, -0.2) is 9.37 Å². The van der Waals surface area contributed by atoms with E-state index in [2.05, 4.69) is 9.36 Å². The van der Waals surface area contributed by atoms with Gasteiger partial charge in [-0.1, -0.05) is 23.9 Å². The van der Waals surface area contributed by atoms with Gasteiger partial charge in [-0.2, -0.15) is 4.37 Å². The van der Waals surface area contributed by atoms with Crippen LogP contribution in [0.25, 0.3) is 0 Å². The van der Waals surface area contributed by atoms with Crippen molar-refractivity contribution in [3.63, 3.8) is 0 Å². The molecule has 0 fully saturated rings. The van der Waals surface area contributed by atoms with Gasteiger partial charge in [0.25, 0.3) is 0 Å². The molecule has 84 valence electrons. The Kier molecular flexibility index (Phi) is 3.40. The number of halogens is 1. The molecule has 0 spiro atoms. The first-order valence-corrected chi connectivity index (χ1v) is 6.38. The summed E-state index contributed by atoms with van der Waals surface area (Å²) in [6.07, 6.45) is 0. The van der Waals surface area contributed by atoms with Crippen LogP contribution in [-0.2, 0) is 5.75 Å². The predicted molar refractivity (Wildman–Crippen MR) is 65.0 cm³/mol. The molecule has 6 heteroatoms. The van der Waals surface area contributed by atoms with Crippen molar-refractivity contribution in [3.8, 4) is 0 Å². The van der Waals surface area contributed by atoms with Crippen LogP contribution in [0.2, 0.25) is 0 Å². The summed E-state index contributed by atoms with van der Waals surface area (Å²) in [6, 6.07) is 5.03. The molecule has 2 N–H and O–H groups in total. The van der Waals surface area contributed by atoms with Crippen molar-refractivity contribution in [2.24, 2.45) is 0 Å². The fraction of sp³-hybridized carbons (Fsp3) is 0.200. The molecule has 0 radical (unpaired) electrons. The molecule has 2 aromatic rings. The van der Waals surface area contributed by atoms with Crippen LogP contribution in [0.15, 0.2) is 22.5 Å². The zero-order chi connectivity index (χ0) is 11.5. The molecule has 0 aliphatic rings. The van der Waals surface area contributed by atoms with Crippen LogP contribution in [0.1, 0.15) is 11.4 Å². The van der Waals surface area contributed by atoms with Crippen molar-refractivity contribution in [1.29, 1.82) is 0 Å². The van der Waals surface area contributed by atoms with E-state index >= 15 is 0 Å². The molecule has 1 aromatic carbocycles. The lowest BCUT2D eigenvalue weighted by Gasteiger charge is -2.03. The van der Waals surface area contributed by atoms with E-state index in [0.29, 0.717) is 11.3 Å². The second kappa shape index (κ2) is 4.80. The molecular formula is C10H10FN3S2. The maximum absolute atomic E-state index is 13.5. The van der Waals surface area contributed by atoms with Gasteiger partial charge in [0.1, 0.15) is 11.6 Å². The topological polar surface area (TPSA) is 51.8 Å². The van der Waals surface area contributed by atoms with Gasteiger partial charge in [-0.05, 0) is 24.5 Å². The molecule has 0 aliphatic carbocycles. The Hall–Kier alpha value is -1.14. The van der Waals surface area contributed by atoms with Crippen molar-refractivity contribution in [2.75, 3.05) is 5.73 Å². The summed E-state index contributed by atoms with van der Waals surface area (Å²) in [5.74, 6) is 0.933. The van der Waals surface area contributed by atoms with Crippen LogP contribution in [0.3, 0.4) is 0 Å². The lowest BCUT2D eigenvalue weighted by atomic mass is 10.2. The first-order valence-electron chi connectivity index (χ1n) is 4.63. The van der Waals surface area contributed by atoms with E-state index in [0.717, 1.165) is 10.2 Å². The number of rotatable bonds is 3. The van der Waals surface area contributed by atoms with Crippen LogP contribution in [0, 0.1) is 12.7 Å². The van der Waals surface area contributed by atoms with Crippen LogP contribution in [0.5, 0.6) is 0 Å². The molecule has 16 heavy (non-hydrogen) atoms. The molecule has 0 aliphatic heterocycles. The Labute approximate surface area is 101 Å². The number of aryl methyl sites for hydroxylation is 1. The van der Waals surface area contributed by atoms with E-state index in [1.807, 2.05) is 6.92 Å². The van der Waals surface area contributed by atoms with Gasteiger partial charge >= 0.3 is 0 Å². The highest BCUT2D eigenvalue weighted by Crippen LogP contribution is 2.26. The van der Waals surface area contributed by atoms with Crippen molar-refractivity contribution < 1.29 is 4.39 Å². The third-order valence-corrected chi connectivity index (χ3v) is 3.94. The number of nitrogens with zero attached hydrogens (tertiary/aromatic N) is 2. The summed E-state index contributed by atoms with van der Waals surface area (Å²) >= 11 is 2.79. The summed E-state index contributed by atoms with van der Waals surface area (Å²) < 4.78 is 18.4.